The van der Waals surface area contributed by atoms with Crippen LogP contribution in [-0.2, 0) is 34.1 Å². The Kier molecular flexibility index (Phi) is 784. The molecule has 0 heterocycles. The van der Waals surface area contributed by atoms with Crippen LogP contribution in [-0.4, -0.2) is 16.4 Å². The summed E-state index contributed by atoms with van der Waals surface area (Å²) in [4.78, 5) is 0. The molecule has 0 spiro atoms. The van der Waals surface area contributed by atoms with Crippen molar-refractivity contribution in [2.45, 2.75) is 0 Å². The molecule has 6 heavy (non-hydrogen) atoms. The van der Waals surface area contributed by atoms with Crippen LogP contribution in [0, 0.1) is 40.8 Å². The number of hydrogen-bond donors (Lipinski definition) is 0. The van der Waals surface area contributed by atoms with Crippen molar-refractivity contribution in [3.05, 3.63) is 0 Å². The summed E-state index contributed by atoms with van der Waals surface area (Å²) in [5, 5.41) is 0. The topological polar surface area (TPSA) is 94.5 Å². The zero-order valence-corrected chi connectivity index (χ0v) is 8.12. The van der Waals surface area contributed by atoms with E-state index in [1.807, 2.05) is 0 Å². The van der Waals surface area contributed by atoms with Crippen LogP contribution in [0.2, 0.25) is 0 Å². The molecule has 6 N–H and O–H groups in total. The number of rotatable bonds is 0. The van der Waals surface area contributed by atoms with Crippen molar-refractivity contribution in [1.29, 1.82) is 0 Å². The monoisotopic (exact) mass is 308 g/mol. The fourth-order valence-electron chi connectivity index (χ4n) is 0. The second-order valence-electron chi connectivity index (χ2n) is 0. The molecule has 0 aromatic heterocycles. The molecule has 0 atom stereocenters. The molecule has 0 radical (unpaired) electrons. The van der Waals surface area contributed by atoms with Crippen molar-refractivity contribution in [1.82, 2.24) is 0 Å². The third-order valence-electron chi connectivity index (χ3n) is 0. The molecule has 6 heteroatoms. The van der Waals surface area contributed by atoms with Crippen molar-refractivity contribution in [2.75, 3.05) is 0 Å². The van der Waals surface area contributed by atoms with Gasteiger partial charge in [-0.1, -0.05) is 0 Å². The fourth-order valence-corrected chi connectivity index (χ4v) is 0. The van der Waals surface area contributed by atoms with Crippen LogP contribution in [0.3, 0.4) is 0 Å². The summed E-state index contributed by atoms with van der Waals surface area (Å²) >= 11 is 0. The summed E-state index contributed by atoms with van der Waals surface area (Å²) in [6.07, 6.45) is 0. The first kappa shape index (κ1) is 84.8. The normalized spacial score (nSPS) is 0. The van der Waals surface area contributed by atoms with Gasteiger partial charge in [-0.2, -0.15) is 0 Å². The van der Waals surface area contributed by atoms with E-state index in [1.54, 1.807) is 0 Å². The quantitative estimate of drug-likeness (QED) is 0.443. The molecule has 0 aromatic rings. The van der Waals surface area contributed by atoms with E-state index in [9.17, 15) is 0 Å². The molecule has 0 aliphatic carbocycles. The second kappa shape index (κ2) is 55.5. The maximum Gasteiger partial charge on any atom is 0 e. The standard InChI is InChI=1S/2Fe.Nd.3H2O/h;;;3*1H2. The Morgan fingerprint density at radius 1 is 0.500 bits per heavy atom. The summed E-state index contributed by atoms with van der Waals surface area (Å²) in [6, 6.07) is 0. The summed E-state index contributed by atoms with van der Waals surface area (Å²) in [7, 11) is 0. The van der Waals surface area contributed by atoms with Crippen LogP contribution in [0.1, 0.15) is 0 Å². The van der Waals surface area contributed by atoms with Gasteiger partial charge < -0.3 is 16.4 Å². The smallest absolute Gasteiger partial charge is 0 e. The average molecular weight is 310 g/mol. The van der Waals surface area contributed by atoms with Crippen LogP contribution in [0.4, 0.5) is 0 Å². The van der Waals surface area contributed by atoms with E-state index in [0.717, 1.165) is 0 Å². The molecule has 0 aromatic carbocycles. The molecular formula is H6Fe2NdO3. The van der Waals surface area contributed by atoms with Crippen LogP contribution < -0.4 is 0 Å². The van der Waals surface area contributed by atoms with Crippen molar-refractivity contribution >= 4 is 0 Å². The first-order valence-electron chi connectivity index (χ1n) is 0. The molecule has 0 rings (SSSR count). The number of hydrogen-bond acceptors (Lipinski definition) is 0. The van der Waals surface area contributed by atoms with E-state index in [2.05, 4.69) is 0 Å². The van der Waals surface area contributed by atoms with Gasteiger partial charge in [-0.05, 0) is 0 Å². The Bertz CT molecular complexity index is 8.75. The first-order chi connectivity index (χ1) is 0. The Labute approximate surface area is 90.0 Å². The molecule has 0 aliphatic rings. The Balaban J connectivity index is 0. The minimum Gasteiger partial charge on any atom is -0.412 e. The van der Waals surface area contributed by atoms with Gasteiger partial charge in [0.1, 0.15) is 0 Å². The fraction of sp³-hybridized carbons (Fsp3) is 0. The SMILES string of the molecule is O.O.O.[Fe].[Fe].[Nd]. The second-order valence-corrected chi connectivity index (χ2v) is 0. The molecule has 0 saturated carbocycles. The molecular weight excluding hydrogens is 304 g/mol. The molecule has 0 amide bonds. The van der Waals surface area contributed by atoms with Crippen molar-refractivity contribution in [2.24, 2.45) is 0 Å². The van der Waals surface area contributed by atoms with Gasteiger partial charge in [0.2, 0.25) is 0 Å². The van der Waals surface area contributed by atoms with Crippen molar-refractivity contribution < 1.29 is 91.4 Å². The first-order valence-corrected chi connectivity index (χ1v) is 0. The van der Waals surface area contributed by atoms with Gasteiger partial charge in [0.15, 0.2) is 0 Å². The van der Waals surface area contributed by atoms with Crippen LogP contribution in [0.5, 0.6) is 0 Å². The third kappa shape index (κ3) is 33.8. The van der Waals surface area contributed by atoms with Gasteiger partial charge in [-0.3, -0.25) is 0 Å². The van der Waals surface area contributed by atoms with Gasteiger partial charge in [0, 0.05) is 75.0 Å². The largest absolute Gasteiger partial charge is 0.412 e. The van der Waals surface area contributed by atoms with E-state index in [0.29, 0.717) is 0 Å². The molecule has 3 nitrogen and oxygen atoms in total. The Morgan fingerprint density at radius 2 is 0.500 bits per heavy atom. The molecule has 0 fully saturated rings. The Hall–Kier alpha value is 2.27. The Morgan fingerprint density at radius 3 is 0.500 bits per heavy atom. The molecule has 0 aliphatic heterocycles. The molecule has 44 valence electrons. The third-order valence-corrected chi connectivity index (χ3v) is 0. The summed E-state index contributed by atoms with van der Waals surface area (Å²) in [5.41, 5.74) is 0. The molecule has 0 saturated heterocycles. The van der Waals surface area contributed by atoms with Crippen molar-refractivity contribution in [3.8, 4) is 0 Å². The predicted molar refractivity (Wildman–Crippen MR) is 10.8 cm³/mol. The van der Waals surface area contributed by atoms with E-state index in [-0.39, 0.29) is 91.4 Å². The predicted octanol–water partition coefficient (Wildman–Crippen LogP) is -2.48. The summed E-state index contributed by atoms with van der Waals surface area (Å²) < 4.78 is 0. The van der Waals surface area contributed by atoms with Crippen LogP contribution >= 0.6 is 0 Å². The van der Waals surface area contributed by atoms with Gasteiger partial charge in [0.25, 0.3) is 0 Å². The summed E-state index contributed by atoms with van der Waals surface area (Å²) in [5.74, 6) is 0. The van der Waals surface area contributed by atoms with E-state index in [4.69, 9.17) is 0 Å². The summed E-state index contributed by atoms with van der Waals surface area (Å²) in [6.45, 7) is 0. The average Bonchev–Trinajstić information content (AvgIpc) is 0. The zero-order chi connectivity index (χ0) is 0. The van der Waals surface area contributed by atoms with Gasteiger partial charge >= 0.3 is 0 Å². The van der Waals surface area contributed by atoms with Gasteiger partial charge in [-0.25, -0.2) is 0 Å². The maximum atomic E-state index is 0. The molecule has 0 unspecified atom stereocenters. The molecule has 0 bridgehead atoms. The van der Waals surface area contributed by atoms with E-state index < -0.39 is 0 Å². The van der Waals surface area contributed by atoms with Gasteiger partial charge in [0.05, 0.1) is 0 Å². The van der Waals surface area contributed by atoms with E-state index in [1.165, 1.54) is 0 Å². The van der Waals surface area contributed by atoms with Gasteiger partial charge in [-0.15, -0.1) is 0 Å². The van der Waals surface area contributed by atoms with Crippen molar-refractivity contribution in [3.63, 3.8) is 0 Å². The van der Waals surface area contributed by atoms with Crippen LogP contribution in [0.25, 0.3) is 0 Å². The maximum absolute atomic E-state index is 0. The minimum atomic E-state index is 0. The minimum absolute atomic E-state index is 0. The zero-order valence-electron chi connectivity index (χ0n) is 2.71. The van der Waals surface area contributed by atoms with E-state index >= 15 is 0 Å². The van der Waals surface area contributed by atoms with Crippen LogP contribution in [0.15, 0.2) is 0 Å².